The fraction of sp³-hybridized carbons (Fsp3) is 0.241. The molecule has 0 aliphatic carbocycles. The van der Waals surface area contributed by atoms with E-state index < -0.39 is 0 Å². The van der Waals surface area contributed by atoms with E-state index in [1.165, 1.54) is 16.8 Å². The van der Waals surface area contributed by atoms with Crippen LogP contribution in [0.3, 0.4) is 0 Å². The van der Waals surface area contributed by atoms with Crippen LogP contribution < -0.4 is 15.3 Å². The lowest BCUT2D eigenvalue weighted by Crippen LogP contribution is -2.36. The van der Waals surface area contributed by atoms with Crippen LogP contribution in [-0.2, 0) is 0 Å². The lowest BCUT2D eigenvalue weighted by molar-refractivity contribution is 0.323. The summed E-state index contributed by atoms with van der Waals surface area (Å²) in [6.45, 7) is 5.31. The molecule has 1 atom stereocenters. The number of ether oxygens (including phenoxy) is 2. The average Bonchev–Trinajstić information content (AvgIpc) is 3.44. The van der Waals surface area contributed by atoms with Gasteiger partial charge >= 0.3 is 0 Å². The molecule has 0 amide bonds. The monoisotopic (exact) mass is 492 g/mol. The number of nitrogens with two attached hydrogens (primary N) is 1. The van der Waals surface area contributed by atoms with E-state index in [0.29, 0.717) is 19.5 Å². The van der Waals surface area contributed by atoms with Gasteiger partial charge < -0.3 is 24.7 Å². The maximum atomic E-state index is 6.02. The number of likely N-dealkylation sites (N-methyl/N-ethyl adjacent to an activating group) is 1. The Morgan fingerprint density at radius 1 is 1.03 bits per heavy atom. The smallest absolute Gasteiger partial charge is 0.296 e. The molecule has 1 aromatic heterocycles. The van der Waals surface area contributed by atoms with Crippen LogP contribution in [0.2, 0.25) is 0 Å². The molecule has 8 heteroatoms. The van der Waals surface area contributed by atoms with E-state index in [2.05, 4.69) is 83.1 Å². The number of aromatic nitrogens is 1. The Morgan fingerprint density at radius 3 is 2.46 bits per heavy atom. The second kappa shape index (κ2) is 10.4. The Balaban J connectivity index is 1.59. The number of allylic oxidation sites excluding steroid dienone is 1. The molecule has 187 valence electrons. The zero-order chi connectivity index (χ0) is 25.8. The van der Waals surface area contributed by atoms with Crippen molar-refractivity contribution >= 4 is 19.1 Å². The largest absolute Gasteiger partial charge is 0.500 e. The highest BCUT2D eigenvalue weighted by Crippen LogP contribution is 2.40. The van der Waals surface area contributed by atoms with Crippen molar-refractivity contribution in [3.8, 4) is 17.2 Å². The van der Waals surface area contributed by atoms with Crippen LogP contribution in [0.5, 0.6) is 17.2 Å². The Labute approximate surface area is 218 Å². The molecule has 7 rings (SSSR count). The molecule has 6 bridgehead atoms. The van der Waals surface area contributed by atoms with Crippen molar-refractivity contribution in [2.45, 2.75) is 25.8 Å². The minimum atomic E-state index is -0.290. The van der Waals surface area contributed by atoms with Crippen LogP contribution in [0.25, 0.3) is 11.6 Å². The van der Waals surface area contributed by atoms with Crippen LogP contribution in [0, 0.1) is 0 Å². The standard InChI is InChI=1S/C29H31BN5O2/c1-21-19-29(2)16-14-22-6-8-24(9-7-22)37-25-12-10-23(11-13-25)36-20-30-35-18-4-5-27(35)26(15-17-32-33-31)28(21)34(29)3/h4-14,16,18-19H,15,17,20H2,1-3H3,(H2,31,32)/b16-14+,28-26?. The molecule has 5 heterocycles. The first-order chi connectivity index (χ1) is 18.0. The van der Waals surface area contributed by atoms with Gasteiger partial charge in [-0.1, -0.05) is 35.6 Å². The number of nitrogens with zero attached hydrogens (tertiary/aromatic N) is 4. The van der Waals surface area contributed by atoms with E-state index in [1.807, 2.05) is 50.0 Å². The normalized spacial score (nSPS) is 20.3. The predicted molar refractivity (Wildman–Crippen MR) is 148 cm³/mol. The molecule has 1 unspecified atom stereocenters. The first-order valence-electron chi connectivity index (χ1n) is 12.4. The van der Waals surface area contributed by atoms with E-state index in [0.717, 1.165) is 28.5 Å². The van der Waals surface area contributed by atoms with E-state index in [-0.39, 0.29) is 5.54 Å². The lowest BCUT2D eigenvalue weighted by Gasteiger charge is -2.33. The third kappa shape index (κ3) is 5.19. The molecule has 7 nitrogen and oxygen atoms in total. The van der Waals surface area contributed by atoms with Crippen molar-refractivity contribution in [1.29, 1.82) is 0 Å². The Hall–Kier alpha value is -4.20. The summed E-state index contributed by atoms with van der Waals surface area (Å²) in [5, 5.41) is 7.54. The summed E-state index contributed by atoms with van der Waals surface area (Å²) in [5.74, 6) is 7.65. The van der Waals surface area contributed by atoms with Gasteiger partial charge in [-0.25, -0.2) is 0 Å². The fourth-order valence-corrected chi connectivity index (χ4v) is 4.97. The molecule has 2 aromatic carbocycles. The highest BCUT2D eigenvalue weighted by molar-refractivity contribution is 6.34. The van der Waals surface area contributed by atoms with Gasteiger partial charge in [0.25, 0.3) is 7.41 Å². The lowest BCUT2D eigenvalue weighted by atomic mass is 9.93. The second-order valence-corrected chi connectivity index (χ2v) is 9.44. The van der Waals surface area contributed by atoms with Crippen molar-refractivity contribution in [1.82, 2.24) is 9.38 Å². The SMILES string of the molecule is CC1=CC2(C)/C=C/c3ccc(cc3)Oc3ccc(cc3)OC[B]n3cccc3C(CCN=NN)=C1N2C. The average molecular weight is 492 g/mol. The maximum absolute atomic E-state index is 6.02. The molecular weight excluding hydrogens is 461 g/mol. The Morgan fingerprint density at radius 2 is 1.73 bits per heavy atom. The van der Waals surface area contributed by atoms with Gasteiger partial charge in [0.15, 0.2) is 0 Å². The third-order valence-corrected chi connectivity index (χ3v) is 6.93. The minimum absolute atomic E-state index is 0.290. The van der Waals surface area contributed by atoms with Gasteiger partial charge in [-0.05, 0) is 86.1 Å². The van der Waals surface area contributed by atoms with Gasteiger partial charge in [0.05, 0.1) is 18.6 Å². The third-order valence-electron chi connectivity index (χ3n) is 6.93. The predicted octanol–water partition coefficient (Wildman–Crippen LogP) is 5.89. The van der Waals surface area contributed by atoms with Crippen LogP contribution >= 0.6 is 0 Å². The van der Waals surface area contributed by atoms with Crippen LogP contribution in [-0.4, -0.2) is 42.4 Å². The highest BCUT2D eigenvalue weighted by Gasteiger charge is 2.35. The second-order valence-electron chi connectivity index (χ2n) is 9.44. The van der Waals surface area contributed by atoms with E-state index >= 15 is 0 Å². The molecule has 1 radical (unpaired) electrons. The summed E-state index contributed by atoms with van der Waals surface area (Å²) < 4.78 is 14.1. The van der Waals surface area contributed by atoms with Crippen LogP contribution in [0.1, 0.15) is 31.5 Å². The topological polar surface area (TPSA) is 77.4 Å². The van der Waals surface area contributed by atoms with Crippen LogP contribution in [0.4, 0.5) is 0 Å². The molecule has 4 aliphatic heterocycles. The van der Waals surface area contributed by atoms with Crippen molar-refractivity contribution < 1.29 is 9.47 Å². The molecule has 0 spiro atoms. The number of hydrogen-bond acceptors (Lipinski definition) is 5. The van der Waals surface area contributed by atoms with Crippen molar-refractivity contribution in [3.05, 3.63) is 102 Å². The Bertz CT molecular complexity index is 1370. The van der Waals surface area contributed by atoms with Crippen molar-refractivity contribution in [2.75, 3.05) is 20.1 Å². The summed E-state index contributed by atoms with van der Waals surface area (Å²) >= 11 is 0. The van der Waals surface area contributed by atoms with Gasteiger partial charge in [0.1, 0.15) is 17.2 Å². The number of rotatable bonds is 3. The van der Waals surface area contributed by atoms with Gasteiger partial charge in [-0.2, -0.15) is 5.11 Å². The molecule has 0 fully saturated rings. The van der Waals surface area contributed by atoms with Gasteiger partial charge in [-0.15, -0.1) is 0 Å². The summed E-state index contributed by atoms with van der Waals surface area (Å²) in [4.78, 5) is 2.33. The molecule has 0 saturated carbocycles. The molecule has 4 aliphatic rings. The summed E-state index contributed by atoms with van der Waals surface area (Å²) in [5.41, 5.74) is 5.49. The number of benzene rings is 2. The molecule has 0 saturated heterocycles. The van der Waals surface area contributed by atoms with E-state index in [9.17, 15) is 0 Å². The first-order valence-corrected chi connectivity index (χ1v) is 12.4. The van der Waals surface area contributed by atoms with Crippen molar-refractivity contribution in [2.24, 2.45) is 16.2 Å². The molecular formula is C29H31BN5O2. The fourth-order valence-electron chi connectivity index (χ4n) is 4.97. The molecule has 3 aromatic rings. The van der Waals surface area contributed by atoms with Crippen LogP contribution in [0.15, 0.2) is 101 Å². The number of hydrogen-bond donors (Lipinski definition) is 1. The quantitative estimate of drug-likeness (QED) is 0.214. The summed E-state index contributed by atoms with van der Waals surface area (Å²) in [7, 11) is 4.18. The van der Waals surface area contributed by atoms with Gasteiger partial charge in [-0.3, -0.25) is 0 Å². The molecule has 37 heavy (non-hydrogen) atoms. The zero-order valence-electron chi connectivity index (χ0n) is 21.5. The molecule has 2 N–H and O–H groups in total. The van der Waals surface area contributed by atoms with E-state index in [1.54, 1.807) is 0 Å². The summed E-state index contributed by atoms with van der Waals surface area (Å²) in [6.07, 6.45) is 9.46. The minimum Gasteiger partial charge on any atom is -0.500 e. The summed E-state index contributed by atoms with van der Waals surface area (Å²) in [6, 6.07) is 20.0. The van der Waals surface area contributed by atoms with E-state index in [4.69, 9.17) is 15.3 Å². The Kier molecular flexibility index (Phi) is 6.90. The van der Waals surface area contributed by atoms with Gasteiger partial charge in [0.2, 0.25) is 0 Å². The zero-order valence-corrected chi connectivity index (χ0v) is 21.5. The highest BCUT2D eigenvalue weighted by atomic mass is 16.5. The van der Waals surface area contributed by atoms with Crippen molar-refractivity contribution in [3.63, 3.8) is 0 Å². The number of fused-ring (bicyclic) bond motifs is 2. The maximum Gasteiger partial charge on any atom is 0.296 e. The van der Waals surface area contributed by atoms with Gasteiger partial charge in [0, 0.05) is 24.0 Å². The first kappa shape index (κ1) is 24.5.